The van der Waals surface area contributed by atoms with Gasteiger partial charge in [-0.25, -0.2) is 0 Å². The summed E-state index contributed by atoms with van der Waals surface area (Å²) in [7, 11) is 0. The van der Waals surface area contributed by atoms with E-state index in [0.29, 0.717) is 12.2 Å². The first-order valence-electron chi connectivity index (χ1n) is 6.75. The van der Waals surface area contributed by atoms with Crippen molar-refractivity contribution in [2.45, 2.75) is 19.8 Å². The lowest BCUT2D eigenvalue weighted by Gasteiger charge is -2.14. The summed E-state index contributed by atoms with van der Waals surface area (Å²) in [5.41, 5.74) is 7.43. The fourth-order valence-corrected chi connectivity index (χ4v) is 2.05. The van der Waals surface area contributed by atoms with Gasteiger partial charge in [0.05, 0.1) is 6.61 Å². The van der Waals surface area contributed by atoms with Gasteiger partial charge >= 0.3 is 6.36 Å². The van der Waals surface area contributed by atoms with Crippen LogP contribution in [0.25, 0.3) is 11.1 Å². The van der Waals surface area contributed by atoms with Crippen molar-refractivity contribution in [3.8, 4) is 22.6 Å². The van der Waals surface area contributed by atoms with Gasteiger partial charge in [0.25, 0.3) is 0 Å². The molecule has 0 aromatic heterocycles. The molecule has 6 heteroatoms. The minimum Gasteiger partial charge on any atom is -0.494 e. The van der Waals surface area contributed by atoms with Crippen LogP contribution < -0.4 is 15.2 Å². The van der Waals surface area contributed by atoms with Crippen molar-refractivity contribution in [2.24, 2.45) is 5.73 Å². The number of hydrogen-bond acceptors (Lipinski definition) is 3. The molecule has 118 valence electrons. The van der Waals surface area contributed by atoms with E-state index in [1.165, 1.54) is 6.07 Å². The Kier molecular flexibility index (Phi) is 4.92. The van der Waals surface area contributed by atoms with Crippen molar-refractivity contribution in [3.05, 3.63) is 48.0 Å². The molecule has 0 aliphatic carbocycles. The molecule has 22 heavy (non-hydrogen) atoms. The van der Waals surface area contributed by atoms with Gasteiger partial charge in [-0.15, -0.1) is 13.2 Å². The van der Waals surface area contributed by atoms with Gasteiger partial charge in [-0.2, -0.15) is 0 Å². The maximum atomic E-state index is 12.3. The van der Waals surface area contributed by atoms with Crippen molar-refractivity contribution in [3.63, 3.8) is 0 Å². The molecular weight excluding hydrogens is 295 g/mol. The van der Waals surface area contributed by atoms with E-state index < -0.39 is 6.36 Å². The number of halogens is 3. The number of rotatable bonds is 5. The Hall–Kier alpha value is -2.21. The fourth-order valence-electron chi connectivity index (χ4n) is 2.05. The lowest BCUT2D eigenvalue weighted by molar-refractivity contribution is -0.274. The number of hydrogen-bond donors (Lipinski definition) is 1. The topological polar surface area (TPSA) is 44.5 Å². The van der Waals surface area contributed by atoms with Crippen LogP contribution in [0.1, 0.15) is 12.5 Å². The van der Waals surface area contributed by atoms with E-state index >= 15 is 0 Å². The highest BCUT2D eigenvalue weighted by molar-refractivity contribution is 5.66. The molecular formula is C16H16F3NO2. The van der Waals surface area contributed by atoms with Gasteiger partial charge in [-0.05, 0) is 42.3 Å². The molecule has 2 rings (SSSR count). The monoisotopic (exact) mass is 311 g/mol. The zero-order valence-corrected chi connectivity index (χ0v) is 12.0. The SMILES string of the molecule is CCOc1ccc(-c2ccc(OC(F)(F)F)c(CN)c2)cc1. The summed E-state index contributed by atoms with van der Waals surface area (Å²) in [6.45, 7) is 2.41. The molecule has 0 radical (unpaired) electrons. The quantitative estimate of drug-likeness (QED) is 0.904. The number of benzene rings is 2. The van der Waals surface area contributed by atoms with E-state index in [0.717, 1.165) is 16.9 Å². The molecule has 2 N–H and O–H groups in total. The van der Waals surface area contributed by atoms with Crippen LogP contribution in [0, 0.1) is 0 Å². The first-order chi connectivity index (χ1) is 10.4. The maximum Gasteiger partial charge on any atom is 0.573 e. The molecule has 0 atom stereocenters. The van der Waals surface area contributed by atoms with E-state index in [2.05, 4.69) is 4.74 Å². The second kappa shape index (κ2) is 6.70. The molecule has 2 aromatic rings. The van der Waals surface area contributed by atoms with Crippen LogP contribution in [-0.2, 0) is 6.54 Å². The molecule has 0 aliphatic heterocycles. The third-order valence-electron chi connectivity index (χ3n) is 3.00. The van der Waals surface area contributed by atoms with E-state index in [9.17, 15) is 13.2 Å². The van der Waals surface area contributed by atoms with E-state index in [4.69, 9.17) is 10.5 Å². The molecule has 0 unspecified atom stereocenters. The van der Waals surface area contributed by atoms with Crippen LogP contribution in [0.4, 0.5) is 13.2 Å². The molecule has 0 saturated heterocycles. The molecule has 0 aliphatic rings. The Morgan fingerprint density at radius 2 is 1.64 bits per heavy atom. The second-order valence-corrected chi connectivity index (χ2v) is 4.53. The Labute approximate surface area is 126 Å². The van der Waals surface area contributed by atoms with E-state index in [1.54, 1.807) is 24.3 Å². The maximum absolute atomic E-state index is 12.3. The van der Waals surface area contributed by atoms with Gasteiger partial charge in [-0.1, -0.05) is 18.2 Å². The van der Waals surface area contributed by atoms with Gasteiger partial charge in [0.1, 0.15) is 11.5 Å². The number of nitrogens with two attached hydrogens (primary N) is 1. The second-order valence-electron chi connectivity index (χ2n) is 4.53. The molecule has 3 nitrogen and oxygen atoms in total. The average molecular weight is 311 g/mol. The van der Waals surface area contributed by atoms with Crippen molar-refractivity contribution in [2.75, 3.05) is 6.61 Å². The summed E-state index contributed by atoms with van der Waals surface area (Å²) in [6, 6.07) is 11.7. The average Bonchev–Trinajstić information content (AvgIpc) is 2.47. The minimum absolute atomic E-state index is 0.0454. The normalized spacial score (nSPS) is 11.3. The Bertz CT molecular complexity index is 624. The van der Waals surface area contributed by atoms with E-state index in [-0.39, 0.29) is 12.3 Å². The predicted molar refractivity (Wildman–Crippen MR) is 77.6 cm³/mol. The van der Waals surface area contributed by atoms with Gasteiger partial charge in [0.15, 0.2) is 0 Å². The smallest absolute Gasteiger partial charge is 0.494 e. The van der Waals surface area contributed by atoms with Crippen molar-refractivity contribution >= 4 is 0 Å². The third kappa shape index (κ3) is 4.14. The molecule has 0 bridgehead atoms. The van der Waals surface area contributed by atoms with Crippen molar-refractivity contribution in [1.29, 1.82) is 0 Å². The van der Waals surface area contributed by atoms with Crippen LogP contribution in [0.3, 0.4) is 0 Å². The van der Waals surface area contributed by atoms with Crippen molar-refractivity contribution < 1.29 is 22.6 Å². The van der Waals surface area contributed by atoms with Crippen LogP contribution in [0.15, 0.2) is 42.5 Å². The number of ether oxygens (including phenoxy) is 2. The highest BCUT2D eigenvalue weighted by Crippen LogP contribution is 2.31. The van der Waals surface area contributed by atoms with Gasteiger partial charge in [0.2, 0.25) is 0 Å². The van der Waals surface area contributed by atoms with Gasteiger partial charge in [-0.3, -0.25) is 0 Å². The fraction of sp³-hybridized carbons (Fsp3) is 0.250. The zero-order valence-electron chi connectivity index (χ0n) is 12.0. The lowest BCUT2D eigenvalue weighted by Crippen LogP contribution is -2.18. The zero-order chi connectivity index (χ0) is 16.2. The third-order valence-corrected chi connectivity index (χ3v) is 3.00. The summed E-state index contributed by atoms with van der Waals surface area (Å²) in [6.07, 6.45) is -4.73. The van der Waals surface area contributed by atoms with Crippen LogP contribution in [-0.4, -0.2) is 13.0 Å². The first-order valence-corrected chi connectivity index (χ1v) is 6.75. The highest BCUT2D eigenvalue weighted by atomic mass is 19.4. The number of alkyl halides is 3. The Morgan fingerprint density at radius 1 is 1.00 bits per heavy atom. The molecule has 0 saturated carbocycles. The van der Waals surface area contributed by atoms with Crippen LogP contribution in [0.5, 0.6) is 11.5 Å². The molecule has 0 amide bonds. The molecule has 0 spiro atoms. The summed E-state index contributed by atoms with van der Waals surface area (Å²) in [4.78, 5) is 0. The minimum atomic E-state index is -4.73. The van der Waals surface area contributed by atoms with Crippen molar-refractivity contribution in [1.82, 2.24) is 0 Å². The van der Waals surface area contributed by atoms with E-state index in [1.807, 2.05) is 19.1 Å². The molecule has 0 fully saturated rings. The molecule has 0 heterocycles. The largest absolute Gasteiger partial charge is 0.573 e. The summed E-state index contributed by atoms with van der Waals surface area (Å²) in [5.74, 6) is 0.465. The summed E-state index contributed by atoms with van der Waals surface area (Å²) >= 11 is 0. The van der Waals surface area contributed by atoms with Crippen LogP contribution >= 0.6 is 0 Å². The van der Waals surface area contributed by atoms with Gasteiger partial charge in [0, 0.05) is 12.1 Å². The predicted octanol–water partition coefficient (Wildman–Crippen LogP) is 4.11. The summed E-state index contributed by atoms with van der Waals surface area (Å²) in [5, 5.41) is 0. The van der Waals surface area contributed by atoms with Gasteiger partial charge < -0.3 is 15.2 Å². The Balaban J connectivity index is 2.28. The van der Waals surface area contributed by atoms with Crippen LogP contribution in [0.2, 0.25) is 0 Å². The molecule has 2 aromatic carbocycles. The first kappa shape index (κ1) is 16.2. The highest BCUT2D eigenvalue weighted by Gasteiger charge is 2.32. The standard InChI is InChI=1S/C16H16F3NO2/c1-2-21-14-6-3-11(4-7-14)12-5-8-15(13(9-12)10-20)22-16(17,18)19/h3-9H,2,10,20H2,1H3. The summed E-state index contributed by atoms with van der Waals surface area (Å²) < 4.78 is 46.3. The lowest BCUT2D eigenvalue weighted by atomic mass is 10.0. The Morgan fingerprint density at radius 3 is 2.18 bits per heavy atom.